The van der Waals surface area contributed by atoms with Crippen molar-refractivity contribution in [2.75, 3.05) is 0 Å². The topological polar surface area (TPSA) is 80.9 Å². The average molecular weight is 222 g/mol. The smallest absolute Gasteiger partial charge is 0.156 e. The first kappa shape index (κ1) is 17.2. The van der Waals surface area contributed by atoms with Crippen LogP contribution >= 0.6 is 0 Å². The Morgan fingerprint density at radius 1 is 0.933 bits per heavy atom. The molecule has 0 saturated carbocycles. The maximum atomic E-state index is 8.44. The third-order valence-corrected chi connectivity index (χ3v) is 1.84. The third-order valence-electron chi connectivity index (χ3n) is 1.84. The SMILES string of the molecule is CC(C)(C)C(O)O.CCCCCC(O)O. The van der Waals surface area contributed by atoms with Crippen LogP contribution in [0.3, 0.4) is 0 Å². The number of unbranched alkanes of at least 4 members (excludes halogenated alkanes) is 2. The van der Waals surface area contributed by atoms with E-state index in [2.05, 4.69) is 6.92 Å². The molecule has 0 aliphatic carbocycles. The summed E-state index contributed by atoms with van der Waals surface area (Å²) in [5, 5.41) is 33.6. The summed E-state index contributed by atoms with van der Waals surface area (Å²) in [5.74, 6) is 0. The van der Waals surface area contributed by atoms with Crippen LogP contribution in [0.2, 0.25) is 0 Å². The van der Waals surface area contributed by atoms with Crippen molar-refractivity contribution in [2.45, 2.75) is 66.0 Å². The molecule has 15 heavy (non-hydrogen) atoms. The number of hydrogen-bond acceptors (Lipinski definition) is 4. The van der Waals surface area contributed by atoms with Crippen molar-refractivity contribution in [3.8, 4) is 0 Å². The molecular formula is C11H26O4. The molecular weight excluding hydrogens is 196 g/mol. The van der Waals surface area contributed by atoms with Gasteiger partial charge in [0.1, 0.15) is 0 Å². The van der Waals surface area contributed by atoms with E-state index >= 15 is 0 Å². The Kier molecular flexibility index (Phi) is 10.5. The van der Waals surface area contributed by atoms with Gasteiger partial charge in [0, 0.05) is 5.41 Å². The van der Waals surface area contributed by atoms with Crippen LogP contribution in [0.4, 0.5) is 0 Å². The normalized spacial score (nSPS) is 11.6. The second-order valence-corrected chi connectivity index (χ2v) is 4.72. The minimum absolute atomic E-state index is 0.389. The molecule has 0 saturated heterocycles. The second kappa shape index (κ2) is 9.09. The van der Waals surface area contributed by atoms with Crippen LogP contribution in [0.15, 0.2) is 0 Å². The fourth-order valence-corrected chi connectivity index (χ4v) is 0.577. The predicted molar refractivity (Wildman–Crippen MR) is 60.0 cm³/mol. The summed E-state index contributed by atoms with van der Waals surface area (Å²) in [4.78, 5) is 0. The lowest BCUT2D eigenvalue weighted by atomic mass is 9.96. The highest BCUT2D eigenvalue weighted by Crippen LogP contribution is 2.15. The molecule has 0 amide bonds. The van der Waals surface area contributed by atoms with Gasteiger partial charge < -0.3 is 20.4 Å². The van der Waals surface area contributed by atoms with Crippen LogP contribution in [0.5, 0.6) is 0 Å². The van der Waals surface area contributed by atoms with Crippen LogP contribution in [-0.2, 0) is 0 Å². The lowest BCUT2D eigenvalue weighted by Gasteiger charge is -2.19. The maximum Gasteiger partial charge on any atom is 0.156 e. The highest BCUT2D eigenvalue weighted by Gasteiger charge is 2.18. The van der Waals surface area contributed by atoms with Gasteiger partial charge in [-0.15, -0.1) is 0 Å². The van der Waals surface area contributed by atoms with Crippen LogP contribution in [-0.4, -0.2) is 33.0 Å². The molecule has 0 bridgehead atoms. The van der Waals surface area contributed by atoms with E-state index in [0.717, 1.165) is 19.3 Å². The lowest BCUT2D eigenvalue weighted by Crippen LogP contribution is -2.24. The Hall–Kier alpha value is -0.160. The van der Waals surface area contributed by atoms with Crippen LogP contribution in [0, 0.1) is 5.41 Å². The van der Waals surface area contributed by atoms with Crippen molar-refractivity contribution in [1.29, 1.82) is 0 Å². The fourth-order valence-electron chi connectivity index (χ4n) is 0.577. The number of hydrogen-bond donors (Lipinski definition) is 4. The van der Waals surface area contributed by atoms with E-state index in [1.165, 1.54) is 0 Å². The monoisotopic (exact) mass is 222 g/mol. The quantitative estimate of drug-likeness (QED) is 0.426. The summed E-state index contributed by atoms with van der Waals surface area (Å²) >= 11 is 0. The standard InChI is InChI=1S/C6H14O2.C5H12O2/c1-2-3-4-5-6(7)8;1-5(2,3)4(6)7/h6-8H,2-5H2,1H3;4,6-7H,1-3H3. The summed E-state index contributed by atoms with van der Waals surface area (Å²) in [6.07, 6.45) is 1.38. The second-order valence-electron chi connectivity index (χ2n) is 4.72. The first-order chi connectivity index (χ1) is 6.71. The fraction of sp³-hybridized carbons (Fsp3) is 1.00. The molecule has 0 aliphatic rings. The predicted octanol–water partition coefficient (Wildman–Crippen LogP) is 1.22. The molecule has 0 aliphatic heterocycles. The average Bonchev–Trinajstić information content (AvgIpc) is 2.03. The van der Waals surface area contributed by atoms with E-state index in [0.29, 0.717) is 6.42 Å². The molecule has 0 fully saturated rings. The van der Waals surface area contributed by atoms with E-state index in [1.807, 2.05) is 0 Å². The van der Waals surface area contributed by atoms with Gasteiger partial charge >= 0.3 is 0 Å². The highest BCUT2D eigenvalue weighted by molar-refractivity contribution is 4.61. The van der Waals surface area contributed by atoms with Gasteiger partial charge in [0.15, 0.2) is 12.6 Å². The third kappa shape index (κ3) is 16.5. The van der Waals surface area contributed by atoms with E-state index in [4.69, 9.17) is 20.4 Å². The minimum atomic E-state index is -1.20. The zero-order valence-electron chi connectivity index (χ0n) is 10.3. The molecule has 4 nitrogen and oxygen atoms in total. The van der Waals surface area contributed by atoms with E-state index in [1.54, 1.807) is 20.8 Å². The van der Waals surface area contributed by atoms with Crippen molar-refractivity contribution in [3.05, 3.63) is 0 Å². The Morgan fingerprint density at radius 2 is 1.33 bits per heavy atom. The highest BCUT2D eigenvalue weighted by atomic mass is 16.5. The molecule has 94 valence electrons. The number of aliphatic hydroxyl groups excluding tert-OH is 2. The Morgan fingerprint density at radius 3 is 1.53 bits per heavy atom. The maximum absolute atomic E-state index is 8.44. The van der Waals surface area contributed by atoms with Gasteiger partial charge in [-0.1, -0.05) is 40.5 Å². The summed E-state index contributed by atoms with van der Waals surface area (Å²) in [5.41, 5.74) is -0.389. The summed E-state index contributed by atoms with van der Waals surface area (Å²) in [6, 6.07) is 0. The first-order valence-corrected chi connectivity index (χ1v) is 5.44. The van der Waals surface area contributed by atoms with Gasteiger partial charge in [-0.2, -0.15) is 0 Å². The van der Waals surface area contributed by atoms with Crippen LogP contribution in [0.1, 0.15) is 53.4 Å². The van der Waals surface area contributed by atoms with E-state index in [9.17, 15) is 0 Å². The van der Waals surface area contributed by atoms with E-state index < -0.39 is 12.6 Å². The summed E-state index contributed by atoms with van der Waals surface area (Å²) in [7, 11) is 0. The van der Waals surface area contributed by atoms with Crippen molar-refractivity contribution in [2.24, 2.45) is 5.41 Å². The molecule has 4 heteroatoms. The van der Waals surface area contributed by atoms with Gasteiger partial charge in [0.05, 0.1) is 0 Å². The molecule has 0 aromatic heterocycles. The van der Waals surface area contributed by atoms with Crippen molar-refractivity contribution >= 4 is 0 Å². The van der Waals surface area contributed by atoms with Gasteiger partial charge in [-0.3, -0.25) is 0 Å². The molecule has 0 heterocycles. The largest absolute Gasteiger partial charge is 0.368 e. The Bertz CT molecular complexity index is 127. The van der Waals surface area contributed by atoms with Gasteiger partial charge in [0.2, 0.25) is 0 Å². The number of aliphatic hydroxyl groups is 4. The zero-order chi connectivity index (χ0) is 12.5. The number of rotatable bonds is 4. The zero-order valence-corrected chi connectivity index (χ0v) is 10.3. The molecule has 4 N–H and O–H groups in total. The molecule has 0 aromatic carbocycles. The molecule has 0 radical (unpaired) electrons. The van der Waals surface area contributed by atoms with E-state index in [-0.39, 0.29) is 5.41 Å². The van der Waals surface area contributed by atoms with Crippen LogP contribution in [0.25, 0.3) is 0 Å². The summed E-state index contributed by atoms with van der Waals surface area (Å²) in [6.45, 7) is 7.37. The van der Waals surface area contributed by atoms with Crippen molar-refractivity contribution < 1.29 is 20.4 Å². The molecule has 0 rings (SSSR count). The van der Waals surface area contributed by atoms with Crippen LogP contribution < -0.4 is 0 Å². The van der Waals surface area contributed by atoms with Crippen molar-refractivity contribution in [3.63, 3.8) is 0 Å². The molecule has 0 aromatic rings. The van der Waals surface area contributed by atoms with Gasteiger partial charge in [0.25, 0.3) is 0 Å². The first-order valence-electron chi connectivity index (χ1n) is 5.44. The lowest BCUT2D eigenvalue weighted by molar-refractivity contribution is -0.113. The minimum Gasteiger partial charge on any atom is -0.368 e. The Labute approximate surface area is 92.6 Å². The molecule has 0 unspecified atom stereocenters. The summed E-state index contributed by atoms with van der Waals surface area (Å²) < 4.78 is 0. The van der Waals surface area contributed by atoms with Gasteiger partial charge in [-0.25, -0.2) is 0 Å². The Balaban J connectivity index is 0. The molecule has 0 atom stereocenters. The van der Waals surface area contributed by atoms with Gasteiger partial charge in [-0.05, 0) is 12.8 Å². The molecule has 0 spiro atoms. The van der Waals surface area contributed by atoms with Crippen molar-refractivity contribution in [1.82, 2.24) is 0 Å².